The summed E-state index contributed by atoms with van der Waals surface area (Å²) in [5.74, 6) is -0.656. The molecule has 3 rings (SSSR count). The van der Waals surface area contributed by atoms with Crippen LogP contribution in [0.15, 0.2) is 24.3 Å². The van der Waals surface area contributed by atoms with Crippen molar-refractivity contribution in [3.8, 4) is 0 Å². The van der Waals surface area contributed by atoms with Crippen molar-refractivity contribution in [2.75, 3.05) is 19.6 Å². The molecule has 136 valence electrons. The van der Waals surface area contributed by atoms with Gasteiger partial charge < -0.3 is 4.90 Å². The molecule has 2 heterocycles. The number of amides is 1. The molecule has 0 aromatic heterocycles. The number of benzene rings is 1. The van der Waals surface area contributed by atoms with Gasteiger partial charge in [0.05, 0.1) is 5.92 Å². The second-order valence-corrected chi connectivity index (χ2v) is 7.83. The molecule has 0 N–H and O–H groups in total. The topological polar surface area (TPSA) is 40.6 Å². The highest BCUT2D eigenvalue weighted by atomic mass is 19.1. The number of nitrogens with zero attached hydrogens (tertiary/aromatic N) is 2. The summed E-state index contributed by atoms with van der Waals surface area (Å²) in [5.41, 5.74) is 0.691. The van der Waals surface area contributed by atoms with Crippen LogP contribution >= 0.6 is 0 Å². The van der Waals surface area contributed by atoms with E-state index in [1.165, 1.54) is 12.1 Å². The molecule has 2 aliphatic heterocycles. The number of ketones is 1. The summed E-state index contributed by atoms with van der Waals surface area (Å²) in [4.78, 5) is 29.5. The number of carbonyl (C=O) groups excluding carboxylic acids is 2. The van der Waals surface area contributed by atoms with Crippen LogP contribution < -0.4 is 0 Å². The Morgan fingerprint density at radius 2 is 1.76 bits per heavy atom. The Hall–Kier alpha value is -1.75. The minimum absolute atomic E-state index is 0.0284. The molecule has 5 heteroatoms. The zero-order valence-corrected chi connectivity index (χ0v) is 15.3. The number of piperidine rings is 2. The summed E-state index contributed by atoms with van der Waals surface area (Å²) < 4.78 is 13.0. The lowest BCUT2D eigenvalue weighted by Crippen LogP contribution is -2.61. The van der Waals surface area contributed by atoms with Crippen molar-refractivity contribution in [3.05, 3.63) is 35.6 Å². The number of carbonyl (C=O) groups is 2. The second-order valence-electron chi connectivity index (χ2n) is 7.83. The third-order valence-electron chi connectivity index (χ3n) is 5.80. The maximum absolute atomic E-state index is 13.0. The molecule has 0 radical (unpaired) electrons. The summed E-state index contributed by atoms with van der Waals surface area (Å²) in [6, 6.07) is 6.72. The van der Waals surface area contributed by atoms with Gasteiger partial charge in [0.1, 0.15) is 5.82 Å². The van der Waals surface area contributed by atoms with E-state index in [-0.39, 0.29) is 23.5 Å². The van der Waals surface area contributed by atoms with Gasteiger partial charge in [-0.05, 0) is 64.4 Å². The molecule has 25 heavy (non-hydrogen) atoms. The molecule has 0 unspecified atom stereocenters. The minimum atomic E-state index is -0.528. The van der Waals surface area contributed by atoms with Crippen molar-refractivity contribution < 1.29 is 14.0 Å². The first-order valence-electron chi connectivity index (χ1n) is 9.14. The number of rotatable bonds is 3. The predicted octanol–water partition coefficient (Wildman–Crippen LogP) is 2.86. The largest absolute Gasteiger partial charge is 0.339 e. The maximum Gasteiger partial charge on any atom is 0.233 e. The van der Waals surface area contributed by atoms with Crippen LogP contribution in [0.25, 0.3) is 0 Å². The van der Waals surface area contributed by atoms with E-state index >= 15 is 0 Å². The number of Topliss-reactive ketones (excluding diaryl/α,β-unsaturated/α-hetero) is 1. The first-order valence-corrected chi connectivity index (χ1v) is 9.14. The molecule has 2 saturated heterocycles. The number of likely N-dealkylation sites (tertiary alicyclic amines) is 2. The van der Waals surface area contributed by atoms with Crippen molar-refractivity contribution in [2.24, 2.45) is 11.3 Å². The van der Waals surface area contributed by atoms with E-state index in [1.54, 1.807) is 6.92 Å². The number of hydrogen-bond acceptors (Lipinski definition) is 3. The lowest BCUT2D eigenvalue weighted by molar-refractivity contribution is -0.158. The lowest BCUT2D eigenvalue weighted by Gasteiger charge is -2.49. The van der Waals surface area contributed by atoms with Crippen LogP contribution in [0, 0.1) is 17.2 Å². The van der Waals surface area contributed by atoms with Crippen LogP contribution in [0.4, 0.5) is 4.39 Å². The van der Waals surface area contributed by atoms with Crippen LogP contribution in [0.5, 0.6) is 0 Å². The predicted molar refractivity (Wildman–Crippen MR) is 94.4 cm³/mol. The Morgan fingerprint density at radius 1 is 1.16 bits per heavy atom. The van der Waals surface area contributed by atoms with E-state index in [0.29, 0.717) is 6.54 Å². The first kappa shape index (κ1) is 18.1. The molecular weight excluding hydrogens is 319 g/mol. The number of hydrogen-bond donors (Lipinski definition) is 0. The van der Waals surface area contributed by atoms with Gasteiger partial charge in [-0.2, -0.15) is 0 Å². The highest BCUT2D eigenvalue weighted by molar-refractivity contribution is 6.06. The summed E-state index contributed by atoms with van der Waals surface area (Å²) in [7, 11) is 0. The van der Waals surface area contributed by atoms with Crippen molar-refractivity contribution >= 4 is 11.7 Å². The molecule has 1 aromatic carbocycles. The van der Waals surface area contributed by atoms with Crippen molar-refractivity contribution in [1.82, 2.24) is 9.80 Å². The Bertz CT molecular complexity index is 648. The van der Waals surface area contributed by atoms with Gasteiger partial charge in [0.2, 0.25) is 5.91 Å². The Kier molecular flexibility index (Phi) is 4.96. The van der Waals surface area contributed by atoms with Crippen LogP contribution in [0.2, 0.25) is 0 Å². The highest BCUT2D eigenvalue weighted by Crippen LogP contribution is 2.40. The second kappa shape index (κ2) is 6.87. The summed E-state index contributed by atoms with van der Waals surface area (Å²) in [5, 5.41) is 0. The molecule has 1 aromatic rings. The molecule has 0 saturated carbocycles. The normalized spacial score (nSPS) is 24.4. The van der Waals surface area contributed by atoms with Gasteiger partial charge in [0, 0.05) is 24.5 Å². The SMILES string of the molecule is CC(C)N1CC2(CCN(Cc3ccc(F)cc3)CC2)C(=O)[C@H](C)C1=O. The van der Waals surface area contributed by atoms with E-state index in [1.807, 2.05) is 30.9 Å². The molecule has 0 aliphatic carbocycles. The third kappa shape index (κ3) is 3.47. The maximum atomic E-state index is 13.0. The highest BCUT2D eigenvalue weighted by Gasteiger charge is 2.51. The molecule has 0 bridgehead atoms. The van der Waals surface area contributed by atoms with Crippen LogP contribution in [-0.2, 0) is 16.1 Å². The fraction of sp³-hybridized carbons (Fsp3) is 0.600. The van der Waals surface area contributed by atoms with Crippen molar-refractivity contribution in [2.45, 2.75) is 46.2 Å². The molecule has 2 fully saturated rings. The van der Waals surface area contributed by atoms with Crippen LogP contribution in [0.1, 0.15) is 39.2 Å². The molecule has 1 atom stereocenters. The third-order valence-corrected chi connectivity index (χ3v) is 5.80. The smallest absolute Gasteiger partial charge is 0.233 e. The fourth-order valence-electron chi connectivity index (χ4n) is 4.13. The average Bonchev–Trinajstić information content (AvgIpc) is 2.60. The summed E-state index contributed by atoms with van der Waals surface area (Å²) in [6.07, 6.45) is 1.57. The van der Waals surface area contributed by atoms with Crippen molar-refractivity contribution in [1.29, 1.82) is 0 Å². The van der Waals surface area contributed by atoms with Gasteiger partial charge in [0.25, 0.3) is 0 Å². The quantitative estimate of drug-likeness (QED) is 0.790. The Morgan fingerprint density at radius 3 is 2.32 bits per heavy atom. The first-order chi connectivity index (χ1) is 11.8. The molecular formula is C20H27FN2O2. The molecule has 4 nitrogen and oxygen atoms in total. The van der Waals surface area contributed by atoms with Crippen LogP contribution in [0.3, 0.4) is 0 Å². The van der Waals surface area contributed by atoms with Crippen LogP contribution in [-0.4, -0.2) is 47.2 Å². The van der Waals surface area contributed by atoms with Gasteiger partial charge in [-0.15, -0.1) is 0 Å². The standard InChI is InChI=1S/C20H27FN2O2/c1-14(2)23-13-20(18(24)15(3)19(23)25)8-10-22(11-9-20)12-16-4-6-17(21)7-5-16/h4-7,14-15H,8-13H2,1-3H3/t15-/m0/s1. The monoisotopic (exact) mass is 346 g/mol. The zero-order valence-electron chi connectivity index (χ0n) is 15.3. The fourth-order valence-corrected chi connectivity index (χ4v) is 4.13. The van der Waals surface area contributed by atoms with E-state index in [9.17, 15) is 14.0 Å². The molecule has 2 aliphatic rings. The number of halogens is 1. The van der Waals surface area contributed by atoms with E-state index in [4.69, 9.17) is 0 Å². The van der Waals surface area contributed by atoms with Gasteiger partial charge in [-0.1, -0.05) is 12.1 Å². The van der Waals surface area contributed by atoms with Gasteiger partial charge in [-0.3, -0.25) is 14.5 Å². The minimum Gasteiger partial charge on any atom is -0.339 e. The van der Waals surface area contributed by atoms with Gasteiger partial charge in [-0.25, -0.2) is 4.39 Å². The average molecular weight is 346 g/mol. The van der Waals surface area contributed by atoms with Gasteiger partial charge >= 0.3 is 0 Å². The van der Waals surface area contributed by atoms with E-state index in [0.717, 1.165) is 38.0 Å². The summed E-state index contributed by atoms with van der Waals surface area (Å²) in [6.45, 7) is 8.76. The van der Waals surface area contributed by atoms with E-state index < -0.39 is 11.3 Å². The Balaban J connectivity index is 1.68. The van der Waals surface area contributed by atoms with E-state index in [2.05, 4.69) is 4.90 Å². The summed E-state index contributed by atoms with van der Waals surface area (Å²) >= 11 is 0. The zero-order chi connectivity index (χ0) is 18.2. The van der Waals surface area contributed by atoms with Gasteiger partial charge in [0.15, 0.2) is 5.78 Å². The lowest BCUT2D eigenvalue weighted by atomic mass is 9.68. The molecule has 1 amide bonds. The molecule has 1 spiro atoms. The Labute approximate surface area is 149 Å². The van der Waals surface area contributed by atoms with Crippen molar-refractivity contribution in [3.63, 3.8) is 0 Å².